The van der Waals surface area contributed by atoms with E-state index in [0.717, 1.165) is 27.7 Å². The monoisotopic (exact) mass is 317 g/mol. The Bertz CT molecular complexity index is 930. The molecule has 0 fully saturated rings. The molecule has 2 N–H and O–H groups in total. The Morgan fingerprint density at radius 3 is 2.62 bits per heavy atom. The first-order chi connectivity index (χ1) is 11.6. The zero-order valence-electron chi connectivity index (χ0n) is 13.8. The first-order valence-corrected chi connectivity index (χ1v) is 7.90. The molecule has 0 aliphatic carbocycles. The second kappa shape index (κ2) is 6.59. The highest BCUT2D eigenvalue weighted by Crippen LogP contribution is 2.23. The number of nitrogens with zero attached hydrogens (tertiary/aromatic N) is 1. The SMILES string of the molecule is Cc1ccc2[nH]c(C)c(CC(=O)NCc3ccc(C#N)cc3)c2c1. The van der Waals surface area contributed by atoms with Gasteiger partial charge in [-0.3, -0.25) is 4.79 Å². The smallest absolute Gasteiger partial charge is 0.224 e. The normalized spacial score (nSPS) is 10.5. The number of hydrogen-bond donors (Lipinski definition) is 2. The Balaban J connectivity index is 1.69. The van der Waals surface area contributed by atoms with Gasteiger partial charge in [-0.05, 0) is 49.2 Å². The van der Waals surface area contributed by atoms with E-state index in [9.17, 15) is 4.79 Å². The number of hydrogen-bond acceptors (Lipinski definition) is 2. The van der Waals surface area contributed by atoms with E-state index in [2.05, 4.69) is 41.5 Å². The largest absolute Gasteiger partial charge is 0.358 e. The molecular formula is C20H19N3O. The van der Waals surface area contributed by atoms with E-state index in [0.29, 0.717) is 18.5 Å². The maximum Gasteiger partial charge on any atom is 0.224 e. The van der Waals surface area contributed by atoms with Crippen LogP contribution in [-0.2, 0) is 17.8 Å². The fourth-order valence-electron chi connectivity index (χ4n) is 2.84. The van der Waals surface area contributed by atoms with Gasteiger partial charge in [0, 0.05) is 23.1 Å². The first-order valence-electron chi connectivity index (χ1n) is 7.90. The number of fused-ring (bicyclic) bond motifs is 1. The van der Waals surface area contributed by atoms with Crippen molar-refractivity contribution in [2.75, 3.05) is 0 Å². The summed E-state index contributed by atoms with van der Waals surface area (Å²) >= 11 is 0. The van der Waals surface area contributed by atoms with Crippen molar-refractivity contribution in [1.82, 2.24) is 10.3 Å². The van der Waals surface area contributed by atoms with E-state index in [1.807, 2.05) is 19.1 Å². The van der Waals surface area contributed by atoms with Crippen molar-refractivity contribution in [2.45, 2.75) is 26.8 Å². The van der Waals surface area contributed by atoms with E-state index in [1.54, 1.807) is 12.1 Å². The van der Waals surface area contributed by atoms with E-state index in [-0.39, 0.29) is 5.91 Å². The van der Waals surface area contributed by atoms with Gasteiger partial charge in [0.05, 0.1) is 18.1 Å². The van der Waals surface area contributed by atoms with Crippen LogP contribution in [0.2, 0.25) is 0 Å². The van der Waals surface area contributed by atoms with Crippen molar-refractivity contribution in [2.24, 2.45) is 0 Å². The summed E-state index contributed by atoms with van der Waals surface area (Å²) in [5.74, 6) is -0.00938. The van der Waals surface area contributed by atoms with Crippen LogP contribution in [0.5, 0.6) is 0 Å². The van der Waals surface area contributed by atoms with Gasteiger partial charge in [-0.25, -0.2) is 0 Å². The molecule has 0 spiro atoms. The van der Waals surface area contributed by atoms with Crippen LogP contribution in [0.1, 0.15) is 27.9 Å². The van der Waals surface area contributed by atoms with Crippen LogP contribution in [0.3, 0.4) is 0 Å². The molecule has 0 unspecified atom stereocenters. The van der Waals surface area contributed by atoms with Crippen molar-refractivity contribution in [1.29, 1.82) is 5.26 Å². The van der Waals surface area contributed by atoms with E-state index in [1.165, 1.54) is 5.56 Å². The Hall–Kier alpha value is -3.06. The van der Waals surface area contributed by atoms with Gasteiger partial charge in [0.15, 0.2) is 0 Å². The number of H-pyrrole nitrogens is 1. The molecule has 0 saturated heterocycles. The second-order valence-corrected chi connectivity index (χ2v) is 6.04. The number of aryl methyl sites for hydroxylation is 2. The van der Waals surface area contributed by atoms with Crippen LogP contribution < -0.4 is 5.32 Å². The van der Waals surface area contributed by atoms with Crippen molar-refractivity contribution in [3.63, 3.8) is 0 Å². The Kier molecular flexibility index (Phi) is 4.35. The average molecular weight is 317 g/mol. The number of aromatic nitrogens is 1. The average Bonchev–Trinajstić information content (AvgIpc) is 2.89. The number of carbonyl (C=O) groups is 1. The number of amides is 1. The highest BCUT2D eigenvalue weighted by molar-refractivity contribution is 5.90. The molecule has 1 amide bonds. The molecule has 0 aliphatic rings. The van der Waals surface area contributed by atoms with Gasteiger partial charge in [0.25, 0.3) is 0 Å². The summed E-state index contributed by atoms with van der Waals surface area (Å²) < 4.78 is 0. The third kappa shape index (κ3) is 3.31. The third-order valence-corrected chi connectivity index (χ3v) is 4.19. The lowest BCUT2D eigenvalue weighted by molar-refractivity contribution is -0.120. The van der Waals surface area contributed by atoms with Crippen LogP contribution >= 0.6 is 0 Å². The van der Waals surface area contributed by atoms with Gasteiger partial charge < -0.3 is 10.3 Å². The fraction of sp³-hybridized carbons (Fsp3) is 0.200. The lowest BCUT2D eigenvalue weighted by Gasteiger charge is -2.06. The molecule has 3 rings (SSSR count). The summed E-state index contributed by atoms with van der Waals surface area (Å²) in [5, 5.41) is 12.9. The van der Waals surface area contributed by atoms with Crippen molar-refractivity contribution < 1.29 is 4.79 Å². The zero-order chi connectivity index (χ0) is 17.1. The minimum atomic E-state index is -0.00938. The highest BCUT2D eigenvalue weighted by atomic mass is 16.1. The molecule has 4 nitrogen and oxygen atoms in total. The summed E-state index contributed by atoms with van der Waals surface area (Å²) in [7, 11) is 0. The summed E-state index contributed by atoms with van der Waals surface area (Å²) in [4.78, 5) is 15.6. The molecule has 0 aliphatic heterocycles. The van der Waals surface area contributed by atoms with Crippen LogP contribution in [0.4, 0.5) is 0 Å². The lowest BCUT2D eigenvalue weighted by atomic mass is 10.1. The Morgan fingerprint density at radius 2 is 1.92 bits per heavy atom. The Morgan fingerprint density at radius 1 is 1.17 bits per heavy atom. The van der Waals surface area contributed by atoms with Crippen molar-refractivity contribution >= 4 is 16.8 Å². The Labute approximate surface area is 141 Å². The topological polar surface area (TPSA) is 68.7 Å². The summed E-state index contributed by atoms with van der Waals surface area (Å²) in [6.07, 6.45) is 0.353. The van der Waals surface area contributed by atoms with E-state index >= 15 is 0 Å². The predicted octanol–water partition coefficient (Wildman–Crippen LogP) is 3.52. The van der Waals surface area contributed by atoms with Crippen LogP contribution in [0.15, 0.2) is 42.5 Å². The van der Waals surface area contributed by atoms with Gasteiger partial charge in [-0.15, -0.1) is 0 Å². The molecule has 2 aromatic carbocycles. The molecule has 0 radical (unpaired) electrons. The van der Waals surface area contributed by atoms with Crippen LogP contribution in [0, 0.1) is 25.2 Å². The summed E-state index contributed by atoms with van der Waals surface area (Å²) in [5.41, 5.74) is 5.92. The number of rotatable bonds is 4. The minimum Gasteiger partial charge on any atom is -0.358 e. The molecular weight excluding hydrogens is 298 g/mol. The lowest BCUT2D eigenvalue weighted by Crippen LogP contribution is -2.24. The molecule has 1 heterocycles. The second-order valence-electron chi connectivity index (χ2n) is 6.04. The maximum absolute atomic E-state index is 12.3. The fourth-order valence-corrected chi connectivity index (χ4v) is 2.84. The summed E-state index contributed by atoms with van der Waals surface area (Å²) in [6.45, 7) is 4.51. The van der Waals surface area contributed by atoms with Crippen molar-refractivity contribution in [3.05, 3.63) is 70.4 Å². The first kappa shape index (κ1) is 15.8. The molecule has 4 heteroatoms. The number of benzene rings is 2. The molecule has 0 atom stereocenters. The molecule has 1 aromatic heterocycles. The summed E-state index contributed by atoms with van der Waals surface area (Å²) in [6, 6.07) is 15.5. The standard InChI is InChI=1S/C20H19N3O/c1-13-3-8-19-18(9-13)17(14(2)23-19)10-20(24)22-12-16-6-4-15(11-21)5-7-16/h3-9,23H,10,12H2,1-2H3,(H,22,24). The van der Waals surface area contributed by atoms with Crippen LogP contribution in [0.25, 0.3) is 10.9 Å². The number of nitriles is 1. The van der Waals surface area contributed by atoms with Crippen molar-refractivity contribution in [3.8, 4) is 6.07 Å². The van der Waals surface area contributed by atoms with Gasteiger partial charge in [0.2, 0.25) is 5.91 Å². The van der Waals surface area contributed by atoms with E-state index in [4.69, 9.17) is 5.26 Å². The maximum atomic E-state index is 12.3. The molecule has 120 valence electrons. The van der Waals surface area contributed by atoms with Gasteiger partial charge >= 0.3 is 0 Å². The quantitative estimate of drug-likeness (QED) is 0.773. The van der Waals surface area contributed by atoms with Gasteiger partial charge in [0.1, 0.15) is 0 Å². The molecule has 24 heavy (non-hydrogen) atoms. The van der Waals surface area contributed by atoms with E-state index < -0.39 is 0 Å². The predicted molar refractivity (Wildman–Crippen MR) is 94.5 cm³/mol. The van der Waals surface area contributed by atoms with Gasteiger partial charge in [-0.2, -0.15) is 5.26 Å². The van der Waals surface area contributed by atoms with Crippen LogP contribution in [-0.4, -0.2) is 10.9 Å². The molecule has 0 bridgehead atoms. The number of nitrogens with one attached hydrogen (secondary N) is 2. The highest BCUT2D eigenvalue weighted by Gasteiger charge is 2.12. The third-order valence-electron chi connectivity index (χ3n) is 4.19. The molecule has 0 saturated carbocycles. The number of carbonyl (C=O) groups excluding carboxylic acids is 1. The minimum absolute atomic E-state index is 0.00938. The number of aromatic amines is 1. The molecule has 3 aromatic rings. The zero-order valence-corrected chi connectivity index (χ0v) is 13.8. The van der Waals surface area contributed by atoms with Gasteiger partial charge in [-0.1, -0.05) is 23.8 Å².